The van der Waals surface area contributed by atoms with Gasteiger partial charge in [-0.3, -0.25) is 4.79 Å². The molecule has 1 aromatic carbocycles. The number of esters is 1. The number of amides is 1. The van der Waals surface area contributed by atoms with Crippen LogP contribution in [0.3, 0.4) is 0 Å². The number of carbonyl (C=O) groups is 2. The Balaban J connectivity index is 1.69. The summed E-state index contributed by atoms with van der Waals surface area (Å²) >= 11 is 0. The smallest absolute Gasteiger partial charge is 0.331 e. The molecule has 0 aromatic heterocycles. The highest BCUT2D eigenvalue weighted by molar-refractivity contribution is 5.89. The van der Waals surface area contributed by atoms with Gasteiger partial charge >= 0.3 is 5.97 Å². The molecule has 1 saturated carbocycles. The van der Waals surface area contributed by atoms with E-state index in [2.05, 4.69) is 5.32 Å². The molecule has 1 aliphatic rings. The second-order valence-electron chi connectivity index (χ2n) is 4.90. The molecule has 0 heterocycles. The number of ether oxygens (including phenoxy) is 1. The molecule has 1 fully saturated rings. The number of hydrogen-bond acceptors (Lipinski definition) is 3. The summed E-state index contributed by atoms with van der Waals surface area (Å²) < 4.78 is 4.90. The molecular formula is C16H19NO3. The minimum atomic E-state index is -0.504. The highest BCUT2D eigenvalue weighted by Gasteiger charge is 2.17. The fourth-order valence-corrected chi connectivity index (χ4v) is 2.25. The van der Waals surface area contributed by atoms with Crippen LogP contribution in [-0.2, 0) is 14.3 Å². The van der Waals surface area contributed by atoms with Gasteiger partial charge in [-0.2, -0.15) is 0 Å². The van der Waals surface area contributed by atoms with Crippen LogP contribution in [0.15, 0.2) is 36.4 Å². The van der Waals surface area contributed by atoms with Gasteiger partial charge < -0.3 is 10.1 Å². The quantitative estimate of drug-likeness (QED) is 0.661. The van der Waals surface area contributed by atoms with E-state index in [0.717, 1.165) is 31.2 Å². The molecule has 0 saturated heterocycles. The van der Waals surface area contributed by atoms with Crippen LogP contribution in [0.1, 0.15) is 31.2 Å². The lowest BCUT2D eigenvalue weighted by molar-refractivity contribution is -0.144. The monoisotopic (exact) mass is 273 g/mol. The van der Waals surface area contributed by atoms with E-state index in [9.17, 15) is 9.59 Å². The molecule has 1 aliphatic carbocycles. The van der Waals surface area contributed by atoms with Gasteiger partial charge in [0, 0.05) is 12.1 Å². The number of carbonyl (C=O) groups excluding carboxylic acids is 2. The van der Waals surface area contributed by atoms with Gasteiger partial charge in [-0.05, 0) is 24.5 Å². The topological polar surface area (TPSA) is 55.4 Å². The zero-order chi connectivity index (χ0) is 14.2. The minimum Gasteiger partial charge on any atom is -0.452 e. The SMILES string of the molecule is O=C(COC(=O)/C=C/c1ccccc1)NC1CCCC1. The van der Waals surface area contributed by atoms with E-state index in [1.807, 2.05) is 30.3 Å². The number of hydrogen-bond donors (Lipinski definition) is 1. The lowest BCUT2D eigenvalue weighted by Crippen LogP contribution is -2.35. The lowest BCUT2D eigenvalue weighted by atomic mass is 10.2. The van der Waals surface area contributed by atoms with Crippen molar-refractivity contribution in [1.29, 1.82) is 0 Å². The van der Waals surface area contributed by atoms with E-state index >= 15 is 0 Å². The average Bonchev–Trinajstić information content (AvgIpc) is 2.97. The van der Waals surface area contributed by atoms with E-state index in [0.29, 0.717) is 0 Å². The predicted octanol–water partition coefficient (Wildman–Crippen LogP) is 2.30. The summed E-state index contributed by atoms with van der Waals surface area (Å²) in [5.41, 5.74) is 0.917. The van der Waals surface area contributed by atoms with Crippen molar-refractivity contribution in [3.8, 4) is 0 Å². The summed E-state index contributed by atoms with van der Waals surface area (Å²) in [5.74, 6) is -0.728. The normalized spacial score (nSPS) is 15.4. The van der Waals surface area contributed by atoms with Gasteiger partial charge in [0.2, 0.25) is 0 Å². The average molecular weight is 273 g/mol. The standard InChI is InChI=1S/C16H19NO3/c18-15(17-14-8-4-5-9-14)12-20-16(19)11-10-13-6-2-1-3-7-13/h1-3,6-7,10-11,14H,4-5,8-9,12H2,(H,17,18)/b11-10+. The van der Waals surface area contributed by atoms with Crippen LogP contribution in [0.2, 0.25) is 0 Å². The van der Waals surface area contributed by atoms with Crippen LogP contribution < -0.4 is 5.32 Å². The third-order valence-corrected chi connectivity index (χ3v) is 3.28. The zero-order valence-corrected chi connectivity index (χ0v) is 11.4. The van der Waals surface area contributed by atoms with Crippen molar-refractivity contribution in [3.05, 3.63) is 42.0 Å². The first-order valence-electron chi connectivity index (χ1n) is 6.93. The Morgan fingerprint density at radius 1 is 1.20 bits per heavy atom. The summed E-state index contributed by atoms with van der Waals surface area (Å²) in [6.07, 6.45) is 7.35. The molecule has 4 nitrogen and oxygen atoms in total. The maximum absolute atomic E-state index is 11.6. The number of benzene rings is 1. The van der Waals surface area contributed by atoms with Crippen LogP contribution in [0, 0.1) is 0 Å². The molecule has 0 bridgehead atoms. The second kappa shape index (κ2) is 7.48. The van der Waals surface area contributed by atoms with Gasteiger partial charge in [0.05, 0.1) is 0 Å². The highest BCUT2D eigenvalue weighted by atomic mass is 16.5. The van der Waals surface area contributed by atoms with E-state index in [1.54, 1.807) is 6.08 Å². The minimum absolute atomic E-state index is 0.214. The highest BCUT2D eigenvalue weighted by Crippen LogP contribution is 2.17. The van der Waals surface area contributed by atoms with Crippen LogP contribution in [0.4, 0.5) is 0 Å². The van der Waals surface area contributed by atoms with Gasteiger partial charge in [-0.15, -0.1) is 0 Å². The van der Waals surface area contributed by atoms with E-state index in [-0.39, 0.29) is 18.6 Å². The summed E-state index contributed by atoms with van der Waals surface area (Å²) in [6, 6.07) is 9.71. The molecule has 2 rings (SSSR count). The molecule has 4 heteroatoms. The summed E-state index contributed by atoms with van der Waals surface area (Å²) in [5, 5.41) is 2.87. The van der Waals surface area contributed by atoms with Gasteiger partial charge in [0.1, 0.15) is 0 Å². The number of rotatable bonds is 5. The van der Waals surface area contributed by atoms with Gasteiger partial charge in [0.15, 0.2) is 6.61 Å². The predicted molar refractivity (Wildman–Crippen MR) is 76.8 cm³/mol. The van der Waals surface area contributed by atoms with Crippen molar-refractivity contribution >= 4 is 18.0 Å². The van der Waals surface area contributed by atoms with E-state index in [4.69, 9.17) is 4.74 Å². The Kier molecular flexibility index (Phi) is 5.35. The Bertz CT molecular complexity index is 476. The molecule has 0 unspecified atom stereocenters. The van der Waals surface area contributed by atoms with Crippen molar-refractivity contribution in [2.45, 2.75) is 31.7 Å². The fourth-order valence-electron chi connectivity index (χ4n) is 2.25. The van der Waals surface area contributed by atoms with Crippen molar-refractivity contribution in [2.24, 2.45) is 0 Å². The summed E-state index contributed by atoms with van der Waals surface area (Å²) in [4.78, 5) is 23.0. The van der Waals surface area contributed by atoms with Crippen LogP contribution in [0.25, 0.3) is 6.08 Å². The van der Waals surface area contributed by atoms with Crippen LogP contribution in [0.5, 0.6) is 0 Å². The van der Waals surface area contributed by atoms with Crippen LogP contribution in [-0.4, -0.2) is 24.5 Å². The number of nitrogens with one attached hydrogen (secondary N) is 1. The van der Waals surface area contributed by atoms with Crippen LogP contribution >= 0.6 is 0 Å². The Labute approximate surface area is 118 Å². The molecule has 0 aliphatic heterocycles. The third-order valence-electron chi connectivity index (χ3n) is 3.28. The molecule has 1 N–H and O–H groups in total. The first-order valence-corrected chi connectivity index (χ1v) is 6.93. The molecule has 1 aromatic rings. The van der Waals surface area contributed by atoms with Crippen molar-refractivity contribution in [3.63, 3.8) is 0 Å². The molecular weight excluding hydrogens is 254 g/mol. The second-order valence-corrected chi connectivity index (χ2v) is 4.90. The largest absolute Gasteiger partial charge is 0.452 e. The Hall–Kier alpha value is -2.10. The maximum Gasteiger partial charge on any atom is 0.331 e. The molecule has 0 radical (unpaired) electrons. The van der Waals surface area contributed by atoms with Crippen molar-refractivity contribution < 1.29 is 14.3 Å². The maximum atomic E-state index is 11.6. The molecule has 0 spiro atoms. The van der Waals surface area contributed by atoms with E-state index in [1.165, 1.54) is 6.08 Å². The first kappa shape index (κ1) is 14.3. The Morgan fingerprint density at radius 2 is 1.90 bits per heavy atom. The van der Waals surface area contributed by atoms with E-state index < -0.39 is 5.97 Å². The third kappa shape index (κ3) is 4.88. The van der Waals surface area contributed by atoms with Crippen molar-refractivity contribution in [2.75, 3.05) is 6.61 Å². The van der Waals surface area contributed by atoms with Crippen molar-refractivity contribution in [1.82, 2.24) is 5.32 Å². The molecule has 20 heavy (non-hydrogen) atoms. The first-order chi connectivity index (χ1) is 9.74. The Morgan fingerprint density at radius 3 is 2.60 bits per heavy atom. The van der Waals surface area contributed by atoms with Gasteiger partial charge in [0.25, 0.3) is 5.91 Å². The molecule has 0 atom stereocenters. The zero-order valence-electron chi connectivity index (χ0n) is 11.4. The molecule has 1 amide bonds. The summed E-state index contributed by atoms with van der Waals surface area (Å²) in [7, 11) is 0. The van der Waals surface area contributed by atoms with Gasteiger partial charge in [-0.25, -0.2) is 4.79 Å². The van der Waals surface area contributed by atoms with Gasteiger partial charge in [-0.1, -0.05) is 43.2 Å². The lowest BCUT2D eigenvalue weighted by Gasteiger charge is -2.11. The molecule has 106 valence electrons. The summed E-state index contributed by atoms with van der Waals surface area (Å²) in [6.45, 7) is -0.214. The fraction of sp³-hybridized carbons (Fsp3) is 0.375.